The average Bonchev–Trinajstić information content (AvgIpc) is 2.70. The van der Waals surface area contributed by atoms with Crippen molar-refractivity contribution in [2.24, 2.45) is 0 Å². The molecule has 0 aliphatic carbocycles. The number of carbonyl (C=O) groups is 3. The summed E-state index contributed by atoms with van der Waals surface area (Å²) in [7, 11) is 1.32. The molecule has 0 fully saturated rings. The summed E-state index contributed by atoms with van der Waals surface area (Å²) in [5.41, 5.74) is 2.78. The van der Waals surface area contributed by atoms with Gasteiger partial charge in [-0.05, 0) is 41.5 Å². The number of amides is 1. The summed E-state index contributed by atoms with van der Waals surface area (Å²) in [6.07, 6.45) is 2.10. The van der Waals surface area contributed by atoms with Gasteiger partial charge in [-0.15, -0.1) is 0 Å². The number of hydrogen-bond acceptors (Lipinski definition) is 5. The number of carboxylic acids is 1. The minimum atomic E-state index is -0.994. The number of nitrogens with zero attached hydrogens (tertiary/aromatic N) is 2. The van der Waals surface area contributed by atoms with Crippen molar-refractivity contribution in [1.82, 2.24) is 10.0 Å². The molecule has 0 spiro atoms. The summed E-state index contributed by atoms with van der Waals surface area (Å²) in [6, 6.07) is 13.5. The minimum absolute atomic E-state index is 0.185. The highest BCUT2D eigenvalue weighted by molar-refractivity contribution is 6.07. The normalized spacial score (nSPS) is 10.6. The van der Waals surface area contributed by atoms with Crippen molar-refractivity contribution >= 4 is 29.1 Å². The zero-order valence-corrected chi connectivity index (χ0v) is 14.5. The lowest BCUT2D eigenvalue weighted by molar-refractivity contribution is -0.124. The van der Waals surface area contributed by atoms with Crippen LogP contribution in [0.2, 0.25) is 0 Å². The number of hydroxylamine groups is 2. The number of aromatic nitrogens is 1. The van der Waals surface area contributed by atoms with Crippen molar-refractivity contribution < 1.29 is 24.3 Å². The molecule has 0 aliphatic rings. The van der Waals surface area contributed by atoms with Crippen LogP contribution in [0, 0.1) is 0 Å². The Bertz CT molecular complexity index is 1010. The standard InChI is InChI=1S/C20H16N2O5/c1-27-22(10-11-23)19(24)16-8-9-21-18-7-6-15(12-17(16)18)13-2-4-14(5-3-13)20(25)26/h2-9,11-12H,10H2,1H3,(H,25,26). The predicted molar refractivity (Wildman–Crippen MR) is 98.2 cm³/mol. The fourth-order valence-corrected chi connectivity index (χ4v) is 2.76. The predicted octanol–water partition coefficient (Wildman–Crippen LogP) is 2.80. The lowest BCUT2D eigenvalue weighted by Gasteiger charge is -2.18. The number of aromatic carboxylic acids is 1. The largest absolute Gasteiger partial charge is 0.478 e. The van der Waals surface area contributed by atoms with Gasteiger partial charge >= 0.3 is 5.97 Å². The minimum Gasteiger partial charge on any atom is -0.478 e. The lowest BCUT2D eigenvalue weighted by Crippen LogP contribution is -2.31. The number of carbonyl (C=O) groups excluding carboxylic acids is 2. The van der Waals surface area contributed by atoms with E-state index in [2.05, 4.69) is 4.98 Å². The Labute approximate surface area is 154 Å². The summed E-state index contributed by atoms with van der Waals surface area (Å²) < 4.78 is 0. The fraction of sp³-hybridized carbons (Fsp3) is 0.100. The van der Waals surface area contributed by atoms with Gasteiger partial charge in [0, 0.05) is 11.6 Å². The summed E-state index contributed by atoms with van der Waals surface area (Å²) in [5, 5.41) is 10.6. The molecule has 0 bridgehead atoms. The molecule has 0 atom stereocenters. The smallest absolute Gasteiger partial charge is 0.335 e. The van der Waals surface area contributed by atoms with Gasteiger partial charge in [-0.3, -0.25) is 14.6 Å². The van der Waals surface area contributed by atoms with Crippen LogP contribution in [0.15, 0.2) is 54.7 Å². The van der Waals surface area contributed by atoms with Gasteiger partial charge in [-0.1, -0.05) is 18.2 Å². The molecule has 3 aromatic rings. The molecule has 7 heteroatoms. The number of benzene rings is 2. The van der Waals surface area contributed by atoms with Crippen molar-refractivity contribution in [3.63, 3.8) is 0 Å². The summed E-state index contributed by atoms with van der Waals surface area (Å²) in [4.78, 5) is 43.7. The molecule has 136 valence electrons. The van der Waals surface area contributed by atoms with Gasteiger partial charge in [0.1, 0.15) is 12.8 Å². The average molecular weight is 364 g/mol. The van der Waals surface area contributed by atoms with Crippen LogP contribution in [0.25, 0.3) is 22.0 Å². The highest BCUT2D eigenvalue weighted by atomic mass is 16.7. The van der Waals surface area contributed by atoms with Gasteiger partial charge in [0.15, 0.2) is 0 Å². The van der Waals surface area contributed by atoms with E-state index in [1.807, 2.05) is 6.07 Å². The molecule has 1 amide bonds. The Morgan fingerprint density at radius 3 is 2.44 bits per heavy atom. The van der Waals surface area contributed by atoms with E-state index in [0.29, 0.717) is 22.8 Å². The maximum absolute atomic E-state index is 12.7. The van der Waals surface area contributed by atoms with Gasteiger partial charge in [0.05, 0.1) is 23.8 Å². The first-order chi connectivity index (χ1) is 13.0. The summed E-state index contributed by atoms with van der Waals surface area (Å²) in [6.45, 7) is -0.185. The number of pyridine rings is 1. The van der Waals surface area contributed by atoms with Crippen LogP contribution in [-0.4, -0.2) is 47.0 Å². The van der Waals surface area contributed by atoms with Gasteiger partial charge in [-0.2, -0.15) is 0 Å². The lowest BCUT2D eigenvalue weighted by atomic mass is 9.99. The van der Waals surface area contributed by atoms with Crippen LogP contribution in [0.4, 0.5) is 0 Å². The summed E-state index contributed by atoms with van der Waals surface area (Å²) in [5.74, 6) is -1.44. The van der Waals surface area contributed by atoms with E-state index in [0.717, 1.165) is 16.2 Å². The molecule has 0 saturated heterocycles. The van der Waals surface area contributed by atoms with Gasteiger partial charge < -0.3 is 9.90 Å². The molecule has 2 aromatic carbocycles. The first-order valence-corrected chi connectivity index (χ1v) is 8.07. The number of rotatable bonds is 6. The Hall–Kier alpha value is -3.58. The monoisotopic (exact) mass is 364 g/mol. The Balaban J connectivity index is 2.07. The maximum Gasteiger partial charge on any atom is 0.335 e. The molecule has 0 aliphatic heterocycles. The van der Waals surface area contributed by atoms with Gasteiger partial charge in [0.25, 0.3) is 5.91 Å². The second-order valence-corrected chi connectivity index (χ2v) is 5.69. The van der Waals surface area contributed by atoms with Crippen LogP contribution < -0.4 is 0 Å². The third-order valence-corrected chi connectivity index (χ3v) is 4.12. The van der Waals surface area contributed by atoms with Crippen LogP contribution in [0.1, 0.15) is 20.7 Å². The number of aldehydes is 1. The topological polar surface area (TPSA) is 96.8 Å². The van der Waals surface area contributed by atoms with Crippen molar-refractivity contribution in [3.8, 4) is 11.1 Å². The second-order valence-electron chi connectivity index (χ2n) is 5.69. The van der Waals surface area contributed by atoms with Crippen molar-refractivity contribution in [3.05, 3.63) is 65.9 Å². The number of fused-ring (bicyclic) bond motifs is 1. The molecule has 1 heterocycles. The third kappa shape index (κ3) is 3.68. The number of hydrogen-bond donors (Lipinski definition) is 1. The molecule has 1 N–H and O–H groups in total. The van der Waals surface area contributed by atoms with Crippen molar-refractivity contribution in [2.45, 2.75) is 0 Å². The highest BCUT2D eigenvalue weighted by Crippen LogP contribution is 2.26. The third-order valence-electron chi connectivity index (χ3n) is 4.12. The van der Waals surface area contributed by atoms with E-state index in [1.165, 1.54) is 25.4 Å². The number of carboxylic acid groups (broad SMARTS) is 1. The second kappa shape index (κ2) is 7.76. The van der Waals surface area contributed by atoms with E-state index in [1.54, 1.807) is 30.3 Å². The SMILES string of the molecule is CON(CC=O)C(=O)c1ccnc2ccc(-c3ccc(C(=O)O)cc3)cc12. The van der Waals surface area contributed by atoms with Gasteiger partial charge in [-0.25, -0.2) is 9.86 Å². The summed E-state index contributed by atoms with van der Waals surface area (Å²) >= 11 is 0. The molecule has 3 rings (SSSR count). The first kappa shape index (κ1) is 18.2. The van der Waals surface area contributed by atoms with E-state index in [4.69, 9.17) is 9.94 Å². The van der Waals surface area contributed by atoms with Crippen molar-refractivity contribution in [1.29, 1.82) is 0 Å². The molecule has 7 nitrogen and oxygen atoms in total. The van der Waals surface area contributed by atoms with E-state index in [-0.39, 0.29) is 12.1 Å². The molecule has 0 unspecified atom stereocenters. The van der Waals surface area contributed by atoms with Gasteiger partial charge in [0.2, 0.25) is 0 Å². The zero-order valence-electron chi connectivity index (χ0n) is 14.5. The van der Waals surface area contributed by atoms with Crippen molar-refractivity contribution in [2.75, 3.05) is 13.7 Å². The Morgan fingerprint density at radius 2 is 1.81 bits per heavy atom. The molecular weight excluding hydrogens is 348 g/mol. The molecule has 0 radical (unpaired) electrons. The van der Waals surface area contributed by atoms with E-state index in [9.17, 15) is 14.4 Å². The Kier molecular flexibility index (Phi) is 5.23. The zero-order chi connectivity index (χ0) is 19.4. The van der Waals surface area contributed by atoms with Crippen LogP contribution in [0.3, 0.4) is 0 Å². The Morgan fingerprint density at radius 1 is 1.11 bits per heavy atom. The quantitative estimate of drug-likeness (QED) is 0.534. The van der Waals surface area contributed by atoms with Crippen LogP contribution in [-0.2, 0) is 9.63 Å². The maximum atomic E-state index is 12.7. The van der Waals surface area contributed by atoms with Crippen LogP contribution in [0.5, 0.6) is 0 Å². The molecule has 27 heavy (non-hydrogen) atoms. The van der Waals surface area contributed by atoms with E-state index < -0.39 is 11.9 Å². The molecule has 1 aromatic heterocycles. The molecular formula is C20H16N2O5. The molecule has 0 saturated carbocycles. The first-order valence-electron chi connectivity index (χ1n) is 8.07. The highest BCUT2D eigenvalue weighted by Gasteiger charge is 2.18. The van der Waals surface area contributed by atoms with E-state index >= 15 is 0 Å². The fourth-order valence-electron chi connectivity index (χ4n) is 2.76. The van der Waals surface area contributed by atoms with Crippen LogP contribution >= 0.6 is 0 Å².